The van der Waals surface area contributed by atoms with E-state index >= 15 is 0 Å². The molecule has 4 N–H and O–H groups in total. The molecule has 0 radical (unpaired) electrons. The molecule has 18 heavy (non-hydrogen) atoms. The van der Waals surface area contributed by atoms with Crippen LogP contribution in [-0.4, -0.2) is 45.3 Å². The first-order chi connectivity index (χ1) is 8.61. The van der Waals surface area contributed by atoms with E-state index in [9.17, 15) is 9.90 Å². The van der Waals surface area contributed by atoms with Crippen LogP contribution < -0.4 is 11.3 Å². The number of nitrogens with two attached hydrogens (primary N) is 1. The number of anilines is 1. The van der Waals surface area contributed by atoms with Crippen LogP contribution in [0, 0.1) is 5.92 Å². The highest BCUT2D eigenvalue weighted by atomic mass is 16.3. The first-order valence-electron chi connectivity index (χ1n) is 5.89. The summed E-state index contributed by atoms with van der Waals surface area (Å²) in [6, 6.07) is 3.18. The van der Waals surface area contributed by atoms with Crippen molar-refractivity contribution in [2.45, 2.75) is 19.4 Å². The maximum Gasteiger partial charge on any atom is 0.274 e. The fourth-order valence-electron chi connectivity index (χ4n) is 2.05. The molecule has 0 spiro atoms. The van der Waals surface area contributed by atoms with Gasteiger partial charge in [0.15, 0.2) is 11.5 Å². The van der Waals surface area contributed by atoms with Crippen LogP contribution in [0.25, 0.3) is 0 Å². The highest BCUT2D eigenvalue weighted by Gasteiger charge is 2.30. The number of carbonyl (C=O) groups is 1. The molecule has 98 valence electrons. The zero-order valence-electron chi connectivity index (χ0n) is 10.2. The summed E-state index contributed by atoms with van der Waals surface area (Å²) in [6.07, 6.45) is 0.428. The third-order valence-corrected chi connectivity index (χ3v) is 3.23. The number of rotatable bonds is 3. The van der Waals surface area contributed by atoms with Crippen LogP contribution in [0.4, 0.5) is 5.82 Å². The van der Waals surface area contributed by atoms with E-state index in [2.05, 4.69) is 15.6 Å². The zero-order valence-corrected chi connectivity index (χ0v) is 10.2. The summed E-state index contributed by atoms with van der Waals surface area (Å²) in [6.45, 7) is 2.96. The van der Waals surface area contributed by atoms with Crippen molar-refractivity contribution in [1.82, 2.24) is 15.1 Å². The summed E-state index contributed by atoms with van der Waals surface area (Å²) in [4.78, 5) is 13.8. The van der Waals surface area contributed by atoms with Crippen molar-refractivity contribution < 1.29 is 9.90 Å². The molecule has 7 nitrogen and oxygen atoms in total. The molecule has 7 heteroatoms. The van der Waals surface area contributed by atoms with E-state index in [1.165, 1.54) is 0 Å². The monoisotopic (exact) mass is 251 g/mol. The van der Waals surface area contributed by atoms with Crippen molar-refractivity contribution in [2.75, 3.05) is 18.5 Å². The lowest BCUT2D eigenvalue weighted by Crippen LogP contribution is -2.31. The van der Waals surface area contributed by atoms with Crippen LogP contribution in [0.3, 0.4) is 0 Å². The molecule has 1 aromatic heterocycles. The predicted molar refractivity (Wildman–Crippen MR) is 65.5 cm³/mol. The van der Waals surface area contributed by atoms with Gasteiger partial charge in [-0.15, -0.1) is 10.2 Å². The quantitative estimate of drug-likeness (QED) is 0.499. The number of hydrazine groups is 1. The molecule has 1 aliphatic heterocycles. The summed E-state index contributed by atoms with van der Waals surface area (Å²) in [5.74, 6) is 5.57. The van der Waals surface area contributed by atoms with Crippen LogP contribution in [0.2, 0.25) is 0 Å². The van der Waals surface area contributed by atoms with E-state index in [1.54, 1.807) is 24.0 Å². The molecule has 1 aliphatic rings. The van der Waals surface area contributed by atoms with Gasteiger partial charge in [-0.25, -0.2) is 5.84 Å². The van der Waals surface area contributed by atoms with Gasteiger partial charge >= 0.3 is 0 Å². The number of nitrogens with one attached hydrogen (secondary N) is 1. The summed E-state index contributed by atoms with van der Waals surface area (Å²) in [5.41, 5.74) is 2.64. The van der Waals surface area contributed by atoms with Crippen molar-refractivity contribution in [2.24, 2.45) is 11.8 Å². The fraction of sp³-hybridized carbons (Fsp3) is 0.545. The zero-order chi connectivity index (χ0) is 13.1. The standard InChI is InChI=1S/C11H17N5O2/c1-7(17)8-4-5-16(6-8)11(18)9-2-3-10(13-12)15-14-9/h2-3,7-8,17H,4-6,12H2,1H3,(H,13,15). The predicted octanol–water partition coefficient (Wildman–Crippen LogP) is -0.395. The van der Waals surface area contributed by atoms with E-state index in [0.29, 0.717) is 24.6 Å². The van der Waals surface area contributed by atoms with Gasteiger partial charge in [0.1, 0.15) is 0 Å². The van der Waals surface area contributed by atoms with Gasteiger partial charge < -0.3 is 15.4 Å². The van der Waals surface area contributed by atoms with E-state index in [0.717, 1.165) is 6.42 Å². The van der Waals surface area contributed by atoms with Gasteiger partial charge in [-0.3, -0.25) is 4.79 Å². The normalized spacial score (nSPS) is 20.8. The Bertz CT molecular complexity index is 420. The van der Waals surface area contributed by atoms with E-state index < -0.39 is 6.10 Å². The summed E-state index contributed by atoms with van der Waals surface area (Å²) < 4.78 is 0. The van der Waals surface area contributed by atoms with Crippen LogP contribution in [-0.2, 0) is 0 Å². The molecule has 0 bridgehead atoms. The minimum absolute atomic E-state index is 0.145. The Morgan fingerprint density at radius 2 is 2.39 bits per heavy atom. The molecule has 2 heterocycles. The number of hydrogen-bond donors (Lipinski definition) is 3. The molecule has 1 amide bonds. The lowest BCUT2D eigenvalue weighted by molar-refractivity contribution is 0.0755. The highest BCUT2D eigenvalue weighted by molar-refractivity contribution is 5.92. The summed E-state index contributed by atoms with van der Waals surface area (Å²) in [5, 5.41) is 17.1. The largest absolute Gasteiger partial charge is 0.393 e. The SMILES string of the molecule is CC(O)C1CCN(C(=O)c2ccc(NN)nn2)C1. The number of aliphatic hydroxyl groups excluding tert-OH is 1. The molecule has 2 unspecified atom stereocenters. The summed E-state index contributed by atoms with van der Waals surface area (Å²) >= 11 is 0. The number of nitrogens with zero attached hydrogens (tertiary/aromatic N) is 3. The number of amides is 1. The molecule has 0 aliphatic carbocycles. The average molecular weight is 251 g/mol. The molecule has 0 saturated carbocycles. The minimum Gasteiger partial charge on any atom is -0.393 e. The first kappa shape index (κ1) is 12.7. The van der Waals surface area contributed by atoms with E-state index in [-0.39, 0.29) is 11.8 Å². The third kappa shape index (κ3) is 2.57. The second kappa shape index (κ2) is 5.28. The molecule has 2 atom stereocenters. The fourth-order valence-corrected chi connectivity index (χ4v) is 2.05. The average Bonchev–Trinajstić information content (AvgIpc) is 2.88. The Morgan fingerprint density at radius 1 is 1.61 bits per heavy atom. The molecular formula is C11H17N5O2. The Labute approximate surface area is 105 Å². The van der Waals surface area contributed by atoms with Crippen LogP contribution in [0.1, 0.15) is 23.8 Å². The van der Waals surface area contributed by atoms with Crippen LogP contribution in [0.15, 0.2) is 12.1 Å². The third-order valence-electron chi connectivity index (χ3n) is 3.23. The number of hydrogen-bond acceptors (Lipinski definition) is 6. The lowest BCUT2D eigenvalue weighted by atomic mass is 10.0. The molecule has 1 aromatic rings. The second-order valence-electron chi connectivity index (χ2n) is 4.49. The van der Waals surface area contributed by atoms with Gasteiger partial charge in [0, 0.05) is 19.0 Å². The number of aromatic nitrogens is 2. The van der Waals surface area contributed by atoms with Crippen molar-refractivity contribution in [3.8, 4) is 0 Å². The van der Waals surface area contributed by atoms with Gasteiger partial charge in [-0.1, -0.05) is 0 Å². The molecule has 1 saturated heterocycles. The van der Waals surface area contributed by atoms with Crippen molar-refractivity contribution >= 4 is 11.7 Å². The van der Waals surface area contributed by atoms with Crippen molar-refractivity contribution in [3.63, 3.8) is 0 Å². The Hall–Kier alpha value is -1.73. The van der Waals surface area contributed by atoms with E-state index in [1.807, 2.05) is 0 Å². The number of likely N-dealkylation sites (tertiary alicyclic amines) is 1. The second-order valence-corrected chi connectivity index (χ2v) is 4.49. The van der Waals surface area contributed by atoms with Gasteiger partial charge in [0.25, 0.3) is 5.91 Å². The smallest absolute Gasteiger partial charge is 0.274 e. The lowest BCUT2D eigenvalue weighted by Gasteiger charge is -2.17. The van der Waals surface area contributed by atoms with Crippen molar-refractivity contribution in [1.29, 1.82) is 0 Å². The molecule has 0 aromatic carbocycles. The molecule has 1 fully saturated rings. The maximum absolute atomic E-state index is 12.1. The highest BCUT2D eigenvalue weighted by Crippen LogP contribution is 2.21. The van der Waals surface area contributed by atoms with Gasteiger partial charge in [0.05, 0.1) is 6.10 Å². The number of aliphatic hydroxyl groups is 1. The number of carbonyl (C=O) groups excluding carboxylic acids is 1. The number of nitrogen functional groups attached to an aromatic ring is 1. The molecule has 2 rings (SSSR count). The minimum atomic E-state index is -0.391. The summed E-state index contributed by atoms with van der Waals surface area (Å²) in [7, 11) is 0. The van der Waals surface area contributed by atoms with E-state index in [4.69, 9.17) is 5.84 Å². The van der Waals surface area contributed by atoms with Crippen molar-refractivity contribution in [3.05, 3.63) is 17.8 Å². The van der Waals surface area contributed by atoms with Gasteiger partial charge in [-0.05, 0) is 25.5 Å². The maximum atomic E-state index is 12.1. The Balaban J connectivity index is 2.03. The van der Waals surface area contributed by atoms with Gasteiger partial charge in [0.2, 0.25) is 0 Å². The first-order valence-corrected chi connectivity index (χ1v) is 5.89. The Morgan fingerprint density at radius 3 is 2.89 bits per heavy atom. The van der Waals surface area contributed by atoms with Crippen LogP contribution >= 0.6 is 0 Å². The Kier molecular flexibility index (Phi) is 3.73. The topological polar surface area (TPSA) is 104 Å². The van der Waals surface area contributed by atoms with Gasteiger partial charge in [-0.2, -0.15) is 0 Å². The van der Waals surface area contributed by atoms with Crippen LogP contribution in [0.5, 0.6) is 0 Å². The molecular weight excluding hydrogens is 234 g/mol.